The molecule has 0 aliphatic heterocycles. The first-order valence-electron chi connectivity index (χ1n) is 6.40. The summed E-state index contributed by atoms with van der Waals surface area (Å²) in [5.41, 5.74) is 2.16. The summed E-state index contributed by atoms with van der Waals surface area (Å²) in [5, 5.41) is 16.1. The Balaban J connectivity index is 1.88. The van der Waals surface area contributed by atoms with Gasteiger partial charge in [0.1, 0.15) is 0 Å². The van der Waals surface area contributed by atoms with Gasteiger partial charge in [0.15, 0.2) is 0 Å². The van der Waals surface area contributed by atoms with Gasteiger partial charge < -0.3 is 10.4 Å². The lowest BCUT2D eigenvalue weighted by Crippen LogP contribution is -2.21. The van der Waals surface area contributed by atoms with Crippen LogP contribution in [0.2, 0.25) is 5.02 Å². The van der Waals surface area contributed by atoms with Gasteiger partial charge in [-0.15, -0.1) is 11.3 Å². The van der Waals surface area contributed by atoms with Crippen LogP contribution in [0.15, 0.2) is 35.7 Å². The van der Waals surface area contributed by atoms with E-state index in [2.05, 4.69) is 23.7 Å². The molecule has 19 heavy (non-hydrogen) atoms. The van der Waals surface area contributed by atoms with Gasteiger partial charge in [0.25, 0.3) is 0 Å². The van der Waals surface area contributed by atoms with Crippen LogP contribution in [-0.4, -0.2) is 11.7 Å². The maximum atomic E-state index is 10.1. The predicted molar refractivity (Wildman–Crippen MR) is 81.8 cm³/mol. The first kappa shape index (κ1) is 14.5. The zero-order valence-electron chi connectivity index (χ0n) is 10.9. The van der Waals surface area contributed by atoms with Gasteiger partial charge in [0.05, 0.1) is 6.10 Å². The molecule has 1 aromatic heterocycles. The highest BCUT2D eigenvalue weighted by Crippen LogP contribution is 2.22. The van der Waals surface area contributed by atoms with Gasteiger partial charge in [-0.25, -0.2) is 0 Å². The normalized spacial score (nSPS) is 12.6. The molecule has 4 heteroatoms. The van der Waals surface area contributed by atoms with Crippen molar-refractivity contribution in [2.75, 3.05) is 6.54 Å². The molecule has 0 aliphatic carbocycles. The van der Waals surface area contributed by atoms with Crippen LogP contribution in [0.25, 0.3) is 0 Å². The van der Waals surface area contributed by atoms with Gasteiger partial charge in [0.2, 0.25) is 0 Å². The maximum Gasteiger partial charge on any atom is 0.0928 e. The van der Waals surface area contributed by atoms with Crippen molar-refractivity contribution in [2.24, 2.45) is 0 Å². The van der Waals surface area contributed by atoms with Crippen LogP contribution in [0, 0.1) is 0 Å². The van der Waals surface area contributed by atoms with Crippen molar-refractivity contribution < 1.29 is 5.11 Å². The van der Waals surface area contributed by atoms with E-state index >= 15 is 0 Å². The minimum absolute atomic E-state index is 0.505. The van der Waals surface area contributed by atoms with Crippen LogP contribution < -0.4 is 5.32 Å². The average molecular weight is 296 g/mol. The first-order valence-corrected chi connectivity index (χ1v) is 7.66. The fourth-order valence-electron chi connectivity index (χ4n) is 2.01. The van der Waals surface area contributed by atoms with Crippen molar-refractivity contribution in [3.63, 3.8) is 0 Å². The molecule has 0 saturated carbocycles. The molecule has 0 spiro atoms. The lowest BCUT2D eigenvalue weighted by Gasteiger charge is -2.13. The number of hydrogen-bond donors (Lipinski definition) is 2. The molecule has 2 nitrogen and oxygen atoms in total. The lowest BCUT2D eigenvalue weighted by atomic mass is 10.1. The van der Waals surface area contributed by atoms with Crippen LogP contribution in [-0.2, 0) is 13.0 Å². The zero-order chi connectivity index (χ0) is 13.7. The monoisotopic (exact) mass is 295 g/mol. The minimum Gasteiger partial charge on any atom is -0.387 e. The van der Waals surface area contributed by atoms with Crippen LogP contribution >= 0.6 is 22.9 Å². The summed E-state index contributed by atoms with van der Waals surface area (Å²) in [7, 11) is 0. The summed E-state index contributed by atoms with van der Waals surface area (Å²) >= 11 is 7.81. The number of rotatable bonds is 6. The SMILES string of the molecule is CCc1ccsc1CNCC(O)c1ccccc1Cl. The molecule has 2 rings (SSSR count). The van der Waals surface area contributed by atoms with Gasteiger partial charge >= 0.3 is 0 Å². The highest BCUT2D eigenvalue weighted by atomic mass is 35.5. The fourth-order valence-corrected chi connectivity index (χ4v) is 3.22. The van der Waals surface area contributed by atoms with Gasteiger partial charge in [-0.1, -0.05) is 36.7 Å². The third kappa shape index (κ3) is 3.80. The smallest absolute Gasteiger partial charge is 0.0928 e. The van der Waals surface area contributed by atoms with Crippen molar-refractivity contribution >= 4 is 22.9 Å². The van der Waals surface area contributed by atoms with Crippen molar-refractivity contribution in [1.29, 1.82) is 0 Å². The van der Waals surface area contributed by atoms with Gasteiger partial charge in [-0.3, -0.25) is 0 Å². The molecule has 0 aliphatic rings. The topological polar surface area (TPSA) is 32.3 Å². The number of halogens is 1. The fraction of sp³-hybridized carbons (Fsp3) is 0.333. The van der Waals surface area contributed by atoms with E-state index in [0.717, 1.165) is 18.5 Å². The van der Waals surface area contributed by atoms with E-state index in [-0.39, 0.29) is 0 Å². The Morgan fingerprint density at radius 2 is 2.11 bits per heavy atom. The minimum atomic E-state index is -0.571. The summed E-state index contributed by atoms with van der Waals surface area (Å²) in [6, 6.07) is 9.57. The Hall–Kier alpha value is -0.870. The third-order valence-electron chi connectivity index (χ3n) is 3.11. The lowest BCUT2D eigenvalue weighted by molar-refractivity contribution is 0.174. The van der Waals surface area contributed by atoms with Crippen LogP contribution in [0.1, 0.15) is 29.0 Å². The standard InChI is InChI=1S/C15H18ClNOS/c1-2-11-7-8-19-15(11)10-17-9-14(18)12-5-3-4-6-13(12)16/h3-8,14,17-18H,2,9-10H2,1H3. The van der Waals surface area contributed by atoms with E-state index in [0.29, 0.717) is 11.6 Å². The predicted octanol–water partition coefficient (Wildman–Crippen LogP) is 3.79. The van der Waals surface area contributed by atoms with Crippen molar-refractivity contribution in [3.8, 4) is 0 Å². The van der Waals surface area contributed by atoms with E-state index in [1.54, 1.807) is 17.4 Å². The molecule has 0 fully saturated rings. The second kappa shape index (κ2) is 7.06. The van der Waals surface area contributed by atoms with Gasteiger partial charge in [-0.2, -0.15) is 0 Å². The molecule has 0 radical (unpaired) electrons. The second-order valence-corrected chi connectivity index (χ2v) is 5.80. The number of thiophene rings is 1. The van der Waals surface area contributed by atoms with E-state index in [1.807, 2.05) is 18.2 Å². The molecular formula is C15H18ClNOS. The number of benzene rings is 1. The Bertz CT molecular complexity index is 526. The summed E-state index contributed by atoms with van der Waals surface area (Å²) in [6.45, 7) is 3.46. The number of nitrogens with one attached hydrogen (secondary N) is 1. The van der Waals surface area contributed by atoms with Crippen molar-refractivity contribution in [3.05, 3.63) is 56.7 Å². The zero-order valence-corrected chi connectivity index (χ0v) is 12.5. The molecular weight excluding hydrogens is 278 g/mol. The number of aliphatic hydroxyl groups excluding tert-OH is 1. The van der Waals surface area contributed by atoms with Gasteiger partial charge in [-0.05, 0) is 29.5 Å². The average Bonchev–Trinajstić information content (AvgIpc) is 2.86. The Labute approximate surface area is 123 Å². The largest absolute Gasteiger partial charge is 0.387 e. The second-order valence-electron chi connectivity index (χ2n) is 4.39. The Morgan fingerprint density at radius 1 is 1.32 bits per heavy atom. The molecule has 1 unspecified atom stereocenters. The number of aliphatic hydroxyl groups is 1. The summed E-state index contributed by atoms with van der Waals surface area (Å²) in [6.07, 6.45) is 0.479. The summed E-state index contributed by atoms with van der Waals surface area (Å²) in [5.74, 6) is 0. The van der Waals surface area contributed by atoms with Crippen molar-refractivity contribution in [1.82, 2.24) is 5.32 Å². The third-order valence-corrected chi connectivity index (χ3v) is 4.41. The van der Waals surface area contributed by atoms with Crippen molar-refractivity contribution in [2.45, 2.75) is 26.0 Å². The molecule has 0 amide bonds. The molecule has 1 aromatic carbocycles. The van der Waals surface area contributed by atoms with E-state index in [1.165, 1.54) is 10.4 Å². The van der Waals surface area contributed by atoms with Gasteiger partial charge in [0, 0.05) is 28.6 Å². The van der Waals surface area contributed by atoms with E-state index < -0.39 is 6.10 Å². The molecule has 1 heterocycles. The number of hydrogen-bond acceptors (Lipinski definition) is 3. The molecule has 1 atom stereocenters. The van der Waals surface area contributed by atoms with Crippen LogP contribution in [0.4, 0.5) is 0 Å². The van der Waals surface area contributed by atoms with E-state index in [9.17, 15) is 5.11 Å². The molecule has 2 N–H and O–H groups in total. The molecule has 102 valence electrons. The summed E-state index contributed by atoms with van der Waals surface area (Å²) in [4.78, 5) is 1.34. The highest BCUT2D eigenvalue weighted by molar-refractivity contribution is 7.10. The Kier molecular flexibility index (Phi) is 5.40. The quantitative estimate of drug-likeness (QED) is 0.850. The Morgan fingerprint density at radius 3 is 2.84 bits per heavy atom. The molecule has 2 aromatic rings. The van der Waals surface area contributed by atoms with E-state index in [4.69, 9.17) is 11.6 Å². The van der Waals surface area contributed by atoms with Crippen LogP contribution in [0.3, 0.4) is 0 Å². The van der Waals surface area contributed by atoms with Crippen LogP contribution in [0.5, 0.6) is 0 Å². The summed E-state index contributed by atoms with van der Waals surface area (Å²) < 4.78 is 0. The highest BCUT2D eigenvalue weighted by Gasteiger charge is 2.11. The molecule has 0 saturated heterocycles. The maximum absolute atomic E-state index is 10.1. The molecule has 0 bridgehead atoms. The first-order chi connectivity index (χ1) is 9.22. The number of aryl methyl sites for hydroxylation is 1.